The van der Waals surface area contributed by atoms with Crippen LogP contribution in [0.1, 0.15) is 27.9 Å². The van der Waals surface area contributed by atoms with E-state index in [-0.39, 0.29) is 11.3 Å². The minimum absolute atomic E-state index is 0.0784. The van der Waals surface area contributed by atoms with Gasteiger partial charge in [0.05, 0.1) is 17.0 Å². The van der Waals surface area contributed by atoms with E-state index in [1.165, 1.54) is 30.1 Å². The standard InChI is InChI=1S/C18H15BrN2O5/c1-10-3-4-11(7-15(10)21(25)26)16(22)9-18(24)13-8-12(19)5-6-14(13)20(2)17(18)23/h3-8,24H,9H2,1-2H3. The van der Waals surface area contributed by atoms with Crippen molar-refractivity contribution in [3.63, 3.8) is 0 Å². The summed E-state index contributed by atoms with van der Waals surface area (Å²) in [7, 11) is 1.52. The number of nitro groups is 1. The lowest BCUT2D eigenvalue weighted by Gasteiger charge is -2.21. The Balaban J connectivity index is 2.00. The number of ketones is 1. The van der Waals surface area contributed by atoms with Crippen LogP contribution in [0.5, 0.6) is 0 Å². The fourth-order valence-electron chi connectivity index (χ4n) is 3.12. The highest BCUT2D eigenvalue weighted by molar-refractivity contribution is 9.10. The molecular formula is C18H15BrN2O5. The molecule has 3 rings (SSSR count). The van der Waals surface area contributed by atoms with Crippen molar-refractivity contribution in [1.29, 1.82) is 0 Å². The topological polar surface area (TPSA) is 101 Å². The number of Topliss-reactive ketones (excluding diaryl/α,β-unsaturated/α-hetero) is 1. The number of fused-ring (bicyclic) bond motifs is 1. The number of rotatable bonds is 4. The van der Waals surface area contributed by atoms with Gasteiger partial charge in [-0.05, 0) is 25.1 Å². The van der Waals surface area contributed by atoms with Crippen LogP contribution in [0.15, 0.2) is 40.9 Å². The van der Waals surface area contributed by atoms with Gasteiger partial charge in [0.15, 0.2) is 11.4 Å². The molecule has 0 aliphatic carbocycles. The number of aliphatic hydroxyl groups is 1. The Labute approximate surface area is 157 Å². The van der Waals surface area contributed by atoms with Crippen LogP contribution in [-0.2, 0) is 10.4 Å². The molecule has 7 nitrogen and oxygen atoms in total. The summed E-state index contributed by atoms with van der Waals surface area (Å²) in [6.07, 6.45) is -0.500. The molecule has 0 saturated carbocycles. The van der Waals surface area contributed by atoms with E-state index in [4.69, 9.17) is 0 Å². The van der Waals surface area contributed by atoms with Gasteiger partial charge < -0.3 is 10.0 Å². The Kier molecular flexibility index (Phi) is 4.41. The van der Waals surface area contributed by atoms with E-state index in [0.29, 0.717) is 21.3 Å². The maximum absolute atomic E-state index is 12.7. The minimum Gasteiger partial charge on any atom is -0.375 e. The average molecular weight is 419 g/mol. The van der Waals surface area contributed by atoms with E-state index in [9.17, 15) is 24.8 Å². The molecule has 2 aromatic carbocycles. The van der Waals surface area contributed by atoms with Gasteiger partial charge in [-0.15, -0.1) is 0 Å². The summed E-state index contributed by atoms with van der Waals surface area (Å²) in [6, 6.07) is 9.12. The van der Waals surface area contributed by atoms with E-state index < -0.39 is 28.6 Å². The van der Waals surface area contributed by atoms with Crippen molar-refractivity contribution >= 4 is 39.0 Å². The molecule has 1 amide bonds. The molecule has 0 radical (unpaired) electrons. The van der Waals surface area contributed by atoms with Crippen LogP contribution in [0.2, 0.25) is 0 Å². The SMILES string of the molecule is Cc1ccc(C(=O)CC2(O)C(=O)N(C)c3ccc(Br)cc32)cc1[N+](=O)[O-]. The normalized spacial score (nSPS) is 18.8. The number of likely N-dealkylation sites (N-methyl/N-ethyl adjacent to an activating group) is 1. The Morgan fingerprint density at radius 3 is 2.65 bits per heavy atom. The Morgan fingerprint density at radius 2 is 2.00 bits per heavy atom. The number of anilines is 1. The lowest BCUT2D eigenvalue weighted by Crippen LogP contribution is -2.40. The molecule has 0 bridgehead atoms. The van der Waals surface area contributed by atoms with Gasteiger partial charge in [0.2, 0.25) is 0 Å². The van der Waals surface area contributed by atoms with Crippen LogP contribution < -0.4 is 4.90 Å². The Bertz CT molecular complexity index is 959. The Morgan fingerprint density at radius 1 is 1.31 bits per heavy atom. The number of hydrogen-bond acceptors (Lipinski definition) is 5. The molecule has 134 valence electrons. The largest absolute Gasteiger partial charge is 0.375 e. The molecule has 8 heteroatoms. The van der Waals surface area contributed by atoms with Gasteiger partial charge in [0.1, 0.15) is 0 Å². The predicted molar refractivity (Wildman–Crippen MR) is 98.2 cm³/mol. The minimum atomic E-state index is -2.01. The third-order valence-electron chi connectivity index (χ3n) is 4.57. The van der Waals surface area contributed by atoms with E-state index >= 15 is 0 Å². The molecule has 1 aliphatic heterocycles. The highest BCUT2D eigenvalue weighted by atomic mass is 79.9. The molecule has 0 spiro atoms. The summed E-state index contributed by atoms with van der Waals surface area (Å²) in [5.74, 6) is -1.16. The first kappa shape index (κ1) is 18.2. The second-order valence-electron chi connectivity index (χ2n) is 6.24. The van der Waals surface area contributed by atoms with Crippen molar-refractivity contribution in [1.82, 2.24) is 0 Å². The first-order valence-corrected chi connectivity index (χ1v) is 8.53. The summed E-state index contributed by atoms with van der Waals surface area (Å²) in [6.45, 7) is 1.57. The molecule has 1 aliphatic rings. The van der Waals surface area contributed by atoms with Crippen LogP contribution in [0.4, 0.5) is 11.4 Å². The molecule has 2 aromatic rings. The van der Waals surface area contributed by atoms with Crippen molar-refractivity contribution in [3.8, 4) is 0 Å². The molecule has 26 heavy (non-hydrogen) atoms. The second kappa shape index (κ2) is 6.30. The van der Waals surface area contributed by atoms with Crippen molar-refractivity contribution < 1.29 is 19.6 Å². The van der Waals surface area contributed by atoms with Gasteiger partial charge in [0.25, 0.3) is 11.6 Å². The molecule has 1 atom stereocenters. The van der Waals surface area contributed by atoms with E-state index in [0.717, 1.165) is 0 Å². The molecule has 1 heterocycles. The summed E-state index contributed by atoms with van der Waals surface area (Å²) in [4.78, 5) is 37.1. The summed E-state index contributed by atoms with van der Waals surface area (Å²) >= 11 is 3.30. The smallest absolute Gasteiger partial charge is 0.273 e. The van der Waals surface area contributed by atoms with Crippen LogP contribution in [0, 0.1) is 17.0 Å². The fraction of sp³-hybridized carbons (Fsp3) is 0.222. The van der Waals surface area contributed by atoms with Crippen molar-refractivity contribution in [2.24, 2.45) is 0 Å². The first-order chi connectivity index (χ1) is 12.1. The van der Waals surface area contributed by atoms with Crippen LogP contribution in [0.25, 0.3) is 0 Å². The molecule has 0 fully saturated rings. The summed E-state index contributed by atoms with van der Waals surface area (Å²) in [5, 5.41) is 22.1. The van der Waals surface area contributed by atoms with Crippen LogP contribution in [-0.4, -0.2) is 28.8 Å². The van der Waals surface area contributed by atoms with Crippen molar-refractivity contribution in [3.05, 3.63) is 67.7 Å². The number of hydrogen-bond donors (Lipinski definition) is 1. The first-order valence-electron chi connectivity index (χ1n) is 7.74. The summed E-state index contributed by atoms with van der Waals surface area (Å²) in [5.41, 5.74) is -0.839. The fourth-order valence-corrected chi connectivity index (χ4v) is 3.48. The predicted octanol–water partition coefficient (Wildman–Crippen LogP) is 3.10. The highest BCUT2D eigenvalue weighted by Gasteiger charge is 2.49. The zero-order valence-electron chi connectivity index (χ0n) is 14.0. The van der Waals surface area contributed by atoms with E-state index in [1.807, 2.05) is 0 Å². The number of nitro benzene ring substituents is 1. The molecular weight excluding hydrogens is 404 g/mol. The molecule has 0 saturated heterocycles. The number of nitrogens with zero attached hydrogens (tertiary/aromatic N) is 2. The lowest BCUT2D eigenvalue weighted by atomic mass is 9.88. The van der Waals surface area contributed by atoms with Crippen LogP contribution >= 0.6 is 15.9 Å². The maximum atomic E-state index is 12.7. The number of amides is 1. The van der Waals surface area contributed by atoms with Gasteiger partial charge in [-0.1, -0.05) is 28.1 Å². The monoisotopic (exact) mass is 418 g/mol. The van der Waals surface area contributed by atoms with Gasteiger partial charge in [0, 0.05) is 34.3 Å². The highest BCUT2D eigenvalue weighted by Crippen LogP contribution is 2.43. The van der Waals surface area contributed by atoms with E-state index in [2.05, 4.69) is 15.9 Å². The van der Waals surface area contributed by atoms with Crippen molar-refractivity contribution in [2.75, 3.05) is 11.9 Å². The third-order valence-corrected chi connectivity index (χ3v) is 5.06. The number of halogens is 1. The number of carbonyl (C=O) groups excluding carboxylic acids is 2. The number of benzene rings is 2. The lowest BCUT2D eigenvalue weighted by molar-refractivity contribution is -0.385. The van der Waals surface area contributed by atoms with Gasteiger partial charge >= 0.3 is 0 Å². The average Bonchev–Trinajstić information content (AvgIpc) is 2.76. The number of aryl methyl sites for hydroxylation is 1. The second-order valence-corrected chi connectivity index (χ2v) is 7.16. The van der Waals surface area contributed by atoms with E-state index in [1.54, 1.807) is 25.1 Å². The Hall–Kier alpha value is -2.58. The molecule has 0 aromatic heterocycles. The quantitative estimate of drug-likeness (QED) is 0.466. The van der Waals surface area contributed by atoms with Gasteiger partial charge in [-0.25, -0.2) is 0 Å². The summed E-state index contributed by atoms with van der Waals surface area (Å²) < 4.78 is 0.663. The number of carbonyl (C=O) groups is 2. The maximum Gasteiger partial charge on any atom is 0.273 e. The zero-order valence-corrected chi connectivity index (χ0v) is 15.6. The van der Waals surface area contributed by atoms with Gasteiger partial charge in [-0.3, -0.25) is 19.7 Å². The molecule has 1 N–H and O–H groups in total. The van der Waals surface area contributed by atoms with Crippen molar-refractivity contribution in [2.45, 2.75) is 18.9 Å². The third kappa shape index (κ3) is 2.81. The van der Waals surface area contributed by atoms with Gasteiger partial charge in [-0.2, -0.15) is 0 Å². The van der Waals surface area contributed by atoms with Crippen LogP contribution in [0.3, 0.4) is 0 Å². The zero-order chi connectivity index (χ0) is 19.2. The molecule has 1 unspecified atom stereocenters.